The first-order chi connectivity index (χ1) is 11.6. The van der Waals surface area contributed by atoms with Crippen molar-refractivity contribution in [3.63, 3.8) is 0 Å². The number of carbonyl (C=O) groups is 1. The predicted molar refractivity (Wildman–Crippen MR) is 89.3 cm³/mol. The molecule has 2 N–H and O–H groups in total. The molecule has 1 saturated heterocycles. The van der Waals surface area contributed by atoms with Gasteiger partial charge >= 0.3 is 0 Å². The SMILES string of the molecule is O=C(CC1(O)CCCCC1)NCc1ccnc([C@H]2CCCOC2)n1. The van der Waals surface area contributed by atoms with Gasteiger partial charge in [-0.1, -0.05) is 19.3 Å². The van der Waals surface area contributed by atoms with Crippen molar-refractivity contribution in [3.8, 4) is 0 Å². The quantitative estimate of drug-likeness (QED) is 0.862. The summed E-state index contributed by atoms with van der Waals surface area (Å²) in [5, 5.41) is 13.3. The van der Waals surface area contributed by atoms with Gasteiger partial charge in [-0.2, -0.15) is 0 Å². The Morgan fingerprint density at radius 1 is 1.33 bits per heavy atom. The van der Waals surface area contributed by atoms with Gasteiger partial charge in [-0.25, -0.2) is 9.97 Å². The summed E-state index contributed by atoms with van der Waals surface area (Å²) in [6.45, 7) is 1.86. The number of aliphatic hydroxyl groups is 1. The van der Waals surface area contributed by atoms with Gasteiger partial charge in [0.25, 0.3) is 0 Å². The second-order valence-corrected chi connectivity index (χ2v) is 7.06. The summed E-state index contributed by atoms with van der Waals surface area (Å²) in [6, 6.07) is 1.82. The normalized spacial score (nSPS) is 23.6. The van der Waals surface area contributed by atoms with E-state index in [4.69, 9.17) is 4.74 Å². The summed E-state index contributed by atoms with van der Waals surface area (Å²) in [7, 11) is 0. The molecule has 0 radical (unpaired) electrons. The van der Waals surface area contributed by atoms with Crippen LogP contribution in [0.4, 0.5) is 0 Å². The molecule has 1 saturated carbocycles. The van der Waals surface area contributed by atoms with Gasteiger partial charge in [-0.3, -0.25) is 4.79 Å². The van der Waals surface area contributed by atoms with E-state index in [0.29, 0.717) is 13.2 Å². The number of ether oxygens (including phenoxy) is 1. The molecule has 0 unspecified atom stereocenters. The molecule has 1 aromatic heterocycles. The first kappa shape index (κ1) is 17.3. The molecule has 0 aromatic carbocycles. The molecule has 1 atom stereocenters. The third kappa shape index (κ3) is 4.74. The fourth-order valence-electron chi connectivity index (χ4n) is 3.59. The highest BCUT2D eigenvalue weighted by atomic mass is 16.5. The number of carbonyl (C=O) groups excluding carboxylic acids is 1. The number of nitrogens with one attached hydrogen (secondary N) is 1. The van der Waals surface area contributed by atoms with Gasteiger partial charge in [0.15, 0.2) is 0 Å². The molecule has 0 bridgehead atoms. The topological polar surface area (TPSA) is 84.3 Å². The van der Waals surface area contributed by atoms with Gasteiger partial charge in [0.2, 0.25) is 5.91 Å². The number of hydrogen-bond donors (Lipinski definition) is 2. The van der Waals surface area contributed by atoms with E-state index < -0.39 is 5.60 Å². The third-order valence-corrected chi connectivity index (χ3v) is 5.00. The highest BCUT2D eigenvalue weighted by Gasteiger charge is 2.31. The molecule has 6 nitrogen and oxygen atoms in total. The van der Waals surface area contributed by atoms with Crippen LogP contribution >= 0.6 is 0 Å². The Hall–Kier alpha value is -1.53. The van der Waals surface area contributed by atoms with Crippen molar-refractivity contribution in [2.24, 2.45) is 0 Å². The van der Waals surface area contributed by atoms with Crippen LogP contribution < -0.4 is 5.32 Å². The highest BCUT2D eigenvalue weighted by Crippen LogP contribution is 2.30. The van der Waals surface area contributed by atoms with Gasteiger partial charge in [0, 0.05) is 18.7 Å². The lowest BCUT2D eigenvalue weighted by atomic mass is 9.82. The van der Waals surface area contributed by atoms with Crippen molar-refractivity contribution in [2.45, 2.75) is 69.4 Å². The van der Waals surface area contributed by atoms with Crippen molar-refractivity contribution >= 4 is 5.91 Å². The molecule has 6 heteroatoms. The molecule has 1 aromatic rings. The molecule has 2 heterocycles. The van der Waals surface area contributed by atoms with Crippen molar-refractivity contribution in [3.05, 3.63) is 23.8 Å². The van der Waals surface area contributed by atoms with Crippen molar-refractivity contribution in [2.75, 3.05) is 13.2 Å². The molecular weight excluding hydrogens is 306 g/mol. The lowest BCUT2D eigenvalue weighted by Gasteiger charge is -2.31. The molecule has 1 amide bonds. The van der Waals surface area contributed by atoms with Crippen LogP contribution in [0.1, 0.15) is 68.8 Å². The zero-order chi connectivity index (χ0) is 16.8. The van der Waals surface area contributed by atoms with Crippen LogP contribution in [0.15, 0.2) is 12.3 Å². The Kier molecular flexibility index (Phi) is 5.79. The van der Waals surface area contributed by atoms with E-state index in [1.807, 2.05) is 6.07 Å². The first-order valence-corrected chi connectivity index (χ1v) is 9.03. The van der Waals surface area contributed by atoms with E-state index >= 15 is 0 Å². The van der Waals surface area contributed by atoms with Crippen LogP contribution in [0.2, 0.25) is 0 Å². The standard InChI is InChI=1S/C18H27N3O3/c22-16(11-18(23)7-2-1-3-8-18)20-12-15-6-9-19-17(21-15)14-5-4-10-24-13-14/h6,9,14,23H,1-5,7-8,10-13H2,(H,20,22)/t14-/m0/s1. The lowest BCUT2D eigenvalue weighted by Crippen LogP contribution is -2.38. The molecule has 0 spiro atoms. The minimum atomic E-state index is -0.821. The number of hydrogen-bond acceptors (Lipinski definition) is 5. The van der Waals surface area contributed by atoms with Crippen LogP contribution in [0.25, 0.3) is 0 Å². The summed E-state index contributed by atoms with van der Waals surface area (Å²) in [4.78, 5) is 21.1. The van der Waals surface area contributed by atoms with Crippen LogP contribution in [0.3, 0.4) is 0 Å². The Labute approximate surface area is 143 Å². The Morgan fingerprint density at radius 2 is 2.17 bits per heavy atom. The summed E-state index contributed by atoms with van der Waals surface area (Å²) in [5.41, 5.74) is -0.0203. The number of aromatic nitrogens is 2. The van der Waals surface area contributed by atoms with Crippen LogP contribution in [-0.4, -0.2) is 39.8 Å². The van der Waals surface area contributed by atoms with Gasteiger partial charge in [0.1, 0.15) is 5.82 Å². The maximum Gasteiger partial charge on any atom is 0.223 e. The number of amides is 1. The molecule has 3 rings (SSSR count). The average Bonchev–Trinajstić information content (AvgIpc) is 2.61. The second kappa shape index (κ2) is 8.03. The molecule has 2 fully saturated rings. The van der Waals surface area contributed by atoms with E-state index in [-0.39, 0.29) is 18.2 Å². The summed E-state index contributed by atoms with van der Waals surface area (Å²) < 4.78 is 5.49. The van der Waals surface area contributed by atoms with E-state index in [1.165, 1.54) is 0 Å². The van der Waals surface area contributed by atoms with Gasteiger partial charge in [-0.15, -0.1) is 0 Å². The van der Waals surface area contributed by atoms with Crippen molar-refractivity contribution in [1.29, 1.82) is 0 Å². The molecule has 2 aliphatic rings. The lowest BCUT2D eigenvalue weighted by molar-refractivity contribution is -0.127. The van der Waals surface area contributed by atoms with Crippen LogP contribution in [-0.2, 0) is 16.1 Å². The third-order valence-electron chi connectivity index (χ3n) is 5.00. The van der Waals surface area contributed by atoms with Crippen LogP contribution in [0, 0.1) is 0 Å². The van der Waals surface area contributed by atoms with Crippen molar-refractivity contribution in [1.82, 2.24) is 15.3 Å². The summed E-state index contributed by atoms with van der Waals surface area (Å²) in [5.74, 6) is 0.935. The van der Waals surface area contributed by atoms with Gasteiger partial charge in [-0.05, 0) is 31.7 Å². The Bertz CT molecular complexity index is 552. The minimum absolute atomic E-state index is 0.111. The Balaban J connectivity index is 1.51. The van der Waals surface area contributed by atoms with Gasteiger partial charge in [0.05, 0.1) is 30.9 Å². The van der Waals surface area contributed by atoms with E-state index in [1.54, 1.807) is 6.20 Å². The van der Waals surface area contributed by atoms with Crippen LogP contribution in [0.5, 0.6) is 0 Å². The molecule has 1 aliphatic carbocycles. The number of nitrogens with zero attached hydrogens (tertiary/aromatic N) is 2. The maximum atomic E-state index is 12.1. The molecule has 132 valence electrons. The molecular formula is C18H27N3O3. The zero-order valence-corrected chi connectivity index (χ0v) is 14.2. The summed E-state index contributed by atoms with van der Waals surface area (Å²) >= 11 is 0. The maximum absolute atomic E-state index is 12.1. The second-order valence-electron chi connectivity index (χ2n) is 7.06. The molecule has 24 heavy (non-hydrogen) atoms. The van der Waals surface area contributed by atoms with E-state index in [2.05, 4.69) is 15.3 Å². The smallest absolute Gasteiger partial charge is 0.223 e. The largest absolute Gasteiger partial charge is 0.389 e. The Morgan fingerprint density at radius 3 is 2.92 bits per heavy atom. The van der Waals surface area contributed by atoms with E-state index in [0.717, 1.165) is 63.1 Å². The first-order valence-electron chi connectivity index (χ1n) is 9.03. The fourth-order valence-corrected chi connectivity index (χ4v) is 3.59. The van der Waals surface area contributed by atoms with Gasteiger partial charge < -0.3 is 15.2 Å². The average molecular weight is 333 g/mol. The van der Waals surface area contributed by atoms with E-state index in [9.17, 15) is 9.90 Å². The predicted octanol–water partition coefficient (Wildman–Crippen LogP) is 2.07. The minimum Gasteiger partial charge on any atom is -0.389 e. The number of rotatable bonds is 5. The highest BCUT2D eigenvalue weighted by molar-refractivity contribution is 5.76. The molecule has 1 aliphatic heterocycles. The fraction of sp³-hybridized carbons (Fsp3) is 0.722. The van der Waals surface area contributed by atoms with Crippen molar-refractivity contribution < 1.29 is 14.6 Å². The summed E-state index contributed by atoms with van der Waals surface area (Å²) in [6.07, 6.45) is 8.61. The zero-order valence-electron chi connectivity index (χ0n) is 14.2. The monoisotopic (exact) mass is 333 g/mol.